The minimum Gasteiger partial charge on any atom is -0.438 e. The highest BCUT2D eigenvalue weighted by atomic mass is 19.4. The summed E-state index contributed by atoms with van der Waals surface area (Å²) in [5.41, 5.74) is 0.197. The van der Waals surface area contributed by atoms with Crippen molar-refractivity contribution in [3.05, 3.63) is 46.9 Å². The minimum absolute atomic E-state index is 0.000755. The number of carbonyl (C=O) groups is 2. The van der Waals surface area contributed by atoms with Gasteiger partial charge in [0, 0.05) is 18.4 Å². The third-order valence-electron chi connectivity index (χ3n) is 8.38. The number of fused-ring (bicyclic) bond motifs is 1. The van der Waals surface area contributed by atoms with Crippen LogP contribution in [0.4, 0.5) is 31.1 Å². The van der Waals surface area contributed by atoms with Gasteiger partial charge in [-0.3, -0.25) is 4.79 Å². The van der Waals surface area contributed by atoms with Crippen molar-refractivity contribution < 1.29 is 44.9 Å². The molecule has 2 aromatic heterocycles. The molecule has 3 heterocycles. The fourth-order valence-electron chi connectivity index (χ4n) is 5.93. The quantitative estimate of drug-likeness (QED) is 0.324. The van der Waals surface area contributed by atoms with Crippen LogP contribution in [0, 0.1) is 24.6 Å². The summed E-state index contributed by atoms with van der Waals surface area (Å²) in [6.07, 6.45) is -3.03. The molecule has 0 unspecified atom stereocenters. The Kier molecular flexibility index (Phi) is 6.88. The van der Waals surface area contributed by atoms with Crippen LogP contribution >= 0.6 is 0 Å². The number of hydrogen-bond acceptors (Lipinski definition) is 6. The van der Waals surface area contributed by atoms with Crippen molar-refractivity contribution in [3.8, 4) is 0 Å². The topological polar surface area (TPSA) is 114 Å². The molecule has 3 amide bonds. The van der Waals surface area contributed by atoms with Crippen LogP contribution in [-0.4, -0.2) is 51.7 Å². The second-order valence-corrected chi connectivity index (χ2v) is 11.3. The number of carbonyl (C=O) groups excluding carboxylic acids is 2. The summed E-state index contributed by atoms with van der Waals surface area (Å²) in [6.45, 7) is 0.895. The Bertz CT molecular complexity index is 1510. The van der Waals surface area contributed by atoms with Gasteiger partial charge in [-0.05, 0) is 50.5 Å². The smallest absolute Gasteiger partial charge is 0.410 e. The van der Waals surface area contributed by atoms with Crippen molar-refractivity contribution in [2.45, 2.75) is 75.7 Å². The first-order valence-electron chi connectivity index (χ1n) is 13.6. The number of alkyl halides is 5. The number of nitrogens with zero attached hydrogens (tertiary/aromatic N) is 3. The second-order valence-electron chi connectivity index (χ2n) is 11.3. The van der Waals surface area contributed by atoms with Crippen LogP contribution in [-0.2, 0) is 0 Å². The summed E-state index contributed by atoms with van der Waals surface area (Å²) in [5.74, 6) is -5.15. The van der Waals surface area contributed by atoms with Crippen molar-refractivity contribution in [2.24, 2.45) is 11.8 Å². The third kappa shape index (κ3) is 5.28. The fourth-order valence-corrected chi connectivity index (χ4v) is 5.93. The summed E-state index contributed by atoms with van der Waals surface area (Å²) < 4.78 is 94.7. The van der Waals surface area contributed by atoms with Crippen molar-refractivity contribution in [2.75, 3.05) is 6.54 Å². The molecule has 1 saturated heterocycles. The van der Waals surface area contributed by atoms with Gasteiger partial charge in [0.05, 0.1) is 18.3 Å². The molecule has 0 spiro atoms. The molecule has 9 nitrogen and oxygen atoms in total. The van der Waals surface area contributed by atoms with Crippen LogP contribution in [0.25, 0.3) is 11.1 Å². The van der Waals surface area contributed by atoms with E-state index in [-0.39, 0.29) is 46.9 Å². The van der Waals surface area contributed by atoms with E-state index in [1.165, 1.54) is 12.1 Å². The van der Waals surface area contributed by atoms with E-state index >= 15 is 4.39 Å². The number of benzene rings is 1. The van der Waals surface area contributed by atoms with Gasteiger partial charge in [-0.15, -0.1) is 0 Å². The molecule has 2 saturated carbocycles. The van der Waals surface area contributed by atoms with Crippen LogP contribution in [0.5, 0.6) is 0 Å². The van der Waals surface area contributed by atoms with Crippen LogP contribution < -0.4 is 10.6 Å². The maximum Gasteiger partial charge on any atom is 0.410 e. The number of aromatic nitrogens is 2. The van der Waals surface area contributed by atoms with Crippen molar-refractivity contribution in [1.82, 2.24) is 25.7 Å². The number of nitrogens with one attached hydrogen (secondary N) is 2. The van der Waals surface area contributed by atoms with E-state index in [0.717, 1.165) is 11.2 Å². The number of amides is 3. The predicted molar refractivity (Wildman–Crippen MR) is 133 cm³/mol. The van der Waals surface area contributed by atoms with Crippen LogP contribution in [0.3, 0.4) is 0 Å². The van der Waals surface area contributed by atoms with Gasteiger partial charge in [0.2, 0.25) is 11.8 Å². The SMILES string of the molecule is Cc1nocc1C(=O)N[C@H](c1nc2c(F)c([C@@H](C3CC3)N3C[C@H](C(F)(F)F)NC3=O)ccc2o1)C1CCC(F)(F)CC1. The van der Waals surface area contributed by atoms with Crippen LogP contribution in [0.2, 0.25) is 0 Å². The van der Waals surface area contributed by atoms with E-state index in [9.17, 15) is 31.5 Å². The fraction of sp³-hybridized carbons (Fsp3) is 0.556. The Balaban J connectivity index is 1.34. The van der Waals surface area contributed by atoms with Crippen LogP contribution in [0.1, 0.15) is 78.1 Å². The molecule has 2 N–H and O–H groups in total. The number of halogens is 6. The molecule has 0 radical (unpaired) electrons. The number of rotatable bonds is 7. The zero-order chi connectivity index (χ0) is 30.0. The maximum absolute atomic E-state index is 16.1. The summed E-state index contributed by atoms with van der Waals surface area (Å²) in [7, 11) is 0. The highest BCUT2D eigenvalue weighted by Gasteiger charge is 2.51. The molecule has 1 aliphatic heterocycles. The van der Waals surface area contributed by atoms with E-state index in [2.05, 4.69) is 15.5 Å². The molecule has 1 aromatic carbocycles. The highest BCUT2D eigenvalue weighted by Crippen LogP contribution is 2.48. The number of urea groups is 1. The molecule has 42 heavy (non-hydrogen) atoms. The van der Waals surface area contributed by atoms with Gasteiger partial charge >= 0.3 is 12.2 Å². The van der Waals surface area contributed by atoms with Crippen molar-refractivity contribution in [1.29, 1.82) is 0 Å². The lowest BCUT2D eigenvalue weighted by Gasteiger charge is -2.32. The minimum atomic E-state index is -4.66. The molecular weight excluding hydrogens is 572 g/mol. The first-order valence-corrected chi connectivity index (χ1v) is 13.6. The maximum atomic E-state index is 16.1. The Morgan fingerprint density at radius 2 is 1.88 bits per heavy atom. The van der Waals surface area contributed by atoms with Gasteiger partial charge in [0.25, 0.3) is 5.91 Å². The van der Waals surface area contributed by atoms with Gasteiger partial charge in [-0.25, -0.2) is 22.9 Å². The molecule has 3 aliphatic rings. The summed E-state index contributed by atoms with van der Waals surface area (Å²) in [4.78, 5) is 30.9. The van der Waals surface area contributed by atoms with Gasteiger partial charge in [-0.2, -0.15) is 13.2 Å². The Labute approximate surface area is 235 Å². The Morgan fingerprint density at radius 3 is 2.48 bits per heavy atom. The first-order chi connectivity index (χ1) is 19.8. The lowest BCUT2D eigenvalue weighted by molar-refractivity contribution is -0.150. The normalized spacial score (nSPS) is 22.8. The van der Waals surface area contributed by atoms with E-state index < -0.39 is 73.3 Å². The van der Waals surface area contributed by atoms with Crippen molar-refractivity contribution >= 4 is 23.0 Å². The van der Waals surface area contributed by atoms with E-state index in [0.29, 0.717) is 18.5 Å². The zero-order valence-electron chi connectivity index (χ0n) is 22.3. The van der Waals surface area contributed by atoms with E-state index in [1.807, 2.05) is 5.32 Å². The lowest BCUT2D eigenvalue weighted by atomic mass is 9.82. The molecule has 3 fully saturated rings. The van der Waals surface area contributed by atoms with Gasteiger partial charge < -0.3 is 24.5 Å². The van der Waals surface area contributed by atoms with E-state index in [1.54, 1.807) is 6.92 Å². The summed E-state index contributed by atoms with van der Waals surface area (Å²) in [6, 6.07) is -2.18. The third-order valence-corrected chi connectivity index (χ3v) is 8.38. The molecule has 0 bridgehead atoms. The zero-order valence-corrected chi connectivity index (χ0v) is 22.3. The molecule has 3 atom stereocenters. The highest BCUT2D eigenvalue weighted by molar-refractivity contribution is 5.95. The molecule has 3 aromatic rings. The Hall–Kier alpha value is -3.78. The molecule has 226 valence electrons. The lowest BCUT2D eigenvalue weighted by Crippen LogP contribution is -2.40. The summed E-state index contributed by atoms with van der Waals surface area (Å²) in [5, 5.41) is 8.37. The van der Waals surface area contributed by atoms with Gasteiger partial charge in [0.15, 0.2) is 11.4 Å². The predicted octanol–water partition coefficient (Wildman–Crippen LogP) is 5.97. The van der Waals surface area contributed by atoms with Gasteiger partial charge in [-0.1, -0.05) is 11.2 Å². The largest absolute Gasteiger partial charge is 0.438 e. The van der Waals surface area contributed by atoms with E-state index in [4.69, 9.17) is 8.94 Å². The number of oxazole rings is 1. The number of aryl methyl sites for hydroxylation is 1. The monoisotopic (exact) mass is 599 g/mol. The van der Waals surface area contributed by atoms with Crippen molar-refractivity contribution in [3.63, 3.8) is 0 Å². The Morgan fingerprint density at radius 1 is 1.17 bits per heavy atom. The second kappa shape index (κ2) is 10.2. The molecule has 6 rings (SSSR count). The average Bonchev–Trinajstić information content (AvgIpc) is 3.30. The molecular formula is C27H27F6N5O4. The average molecular weight is 600 g/mol. The first kappa shape index (κ1) is 28.3. The summed E-state index contributed by atoms with van der Waals surface area (Å²) >= 11 is 0. The number of hydrogen-bond donors (Lipinski definition) is 2. The standard InChI is InChI=1S/C27H27F6N5O4/c1-12-16(11-41-37-12)23(39)35-20(13-6-8-26(29,30)9-7-13)24-36-21-17(42-24)5-4-15(19(21)28)22(14-2-3-14)38-10-18(27(31,32)33)34-25(38)40/h4-5,11,13-14,18,20,22H,2-3,6-10H2,1H3,(H,34,40)(H,35,39)/t18-,20+,22-/m1/s1. The van der Waals surface area contributed by atoms with Gasteiger partial charge in [0.1, 0.15) is 29.4 Å². The molecule has 15 heteroatoms. The van der Waals surface area contributed by atoms with Crippen LogP contribution in [0.15, 0.2) is 27.3 Å². The molecule has 2 aliphatic carbocycles.